The normalized spacial score (nSPS) is 12.6. The number of pyridine rings is 1. The summed E-state index contributed by atoms with van der Waals surface area (Å²) in [6.07, 6.45) is 4.91. The SMILES string of the molecule is NC(Cc1cnc2nccnc2c1)C(=O)O. The van der Waals surface area contributed by atoms with Gasteiger partial charge < -0.3 is 10.8 Å². The van der Waals surface area contributed by atoms with Crippen molar-refractivity contribution in [1.82, 2.24) is 15.0 Å². The fraction of sp³-hybridized carbons (Fsp3) is 0.200. The van der Waals surface area contributed by atoms with Crippen LogP contribution < -0.4 is 5.73 Å². The first-order chi connectivity index (χ1) is 7.66. The second-order valence-corrected chi connectivity index (χ2v) is 3.39. The predicted molar refractivity (Wildman–Crippen MR) is 56.6 cm³/mol. The lowest BCUT2D eigenvalue weighted by molar-refractivity contribution is -0.138. The van der Waals surface area contributed by atoms with E-state index in [1.807, 2.05) is 0 Å². The number of carboxylic acids is 1. The third kappa shape index (κ3) is 2.12. The Morgan fingerprint density at radius 1 is 1.38 bits per heavy atom. The standard InChI is InChI=1S/C10H10N4O2/c11-7(10(15)16)3-6-4-8-9(14-5-6)13-2-1-12-8/h1-2,4-5,7H,3,11H2,(H,15,16). The zero-order valence-corrected chi connectivity index (χ0v) is 8.37. The molecule has 1 unspecified atom stereocenters. The molecular formula is C10H10N4O2. The number of hydrogen-bond acceptors (Lipinski definition) is 5. The second-order valence-electron chi connectivity index (χ2n) is 3.39. The van der Waals surface area contributed by atoms with Gasteiger partial charge in [0.25, 0.3) is 0 Å². The van der Waals surface area contributed by atoms with Gasteiger partial charge in [-0.1, -0.05) is 0 Å². The van der Waals surface area contributed by atoms with Crippen LogP contribution in [0.1, 0.15) is 5.56 Å². The van der Waals surface area contributed by atoms with E-state index in [0.717, 1.165) is 5.56 Å². The summed E-state index contributed by atoms with van der Waals surface area (Å²) in [6, 6.07) is 0.828. The van der Waals surface area contributed by atoms with Crippen molar-refractivity contribution in [1.29, 1.82) is 0 Å². The fourth-order valence-corrected chi connectivity index (χ4v) is 1.35. The van der Waals surface area contributed by atoms with Crippen LogP contribution in [0, 0.1) is 0 Å². The van der Waals surface area contributed by atoms with E-state index in [-0.39, 0.29) is 6.42 Å². The first-order valence-corrected chi connectivity index (χ1v) is 4.71. The Kier molecular flexibility index (Phi) is 2.74. The number of aromatic nitrogens is 3. The van der Waals surface area contributed by atoms with E-state index in [0.29, 0.717) is 11.2 Å². The Bertz CT molecular complexity index is 529. The van der Waals surface area contributed by atoms with Gasteiger partial charge in [0, 0.05) is 18.6 Å². The second kappa shape index (κ2) is 4.19. The summed E-state index contributed by atoms with van der Waals surface area (Å²) in [6.45, 7) is 0. The third-order valence-corrected chi connectivity index (χ3v) is 2.15. The molecule has 82 valence electrons. The van der Waals surface area contributed by atoms with Crippen molar-refractivity contribution in [3.8, 4) is 0 Å². The van der Waals surface area contributed by atoms with Gasteiger partial charge in [-0.3, -0.25) is 9.78 Å². The van der Waals surface area contributed by atoms with Crippen LogP contribution in [0.25, 0.3) is 11.2 Å². The van der Waals surface area contributed by atoms with Gasteiger partial charge in [-0.05, 0) is 18.1 Å². The van der Waals surface area contributed by atoms with Crippen LogP contribution >= 0.6 is 0 Å². The molecule has 6 nitrogen and oxygen atoms in total. The zero-order chi connectivity index (χ0) is 11.5. The van der Waals surface area contributed by atoms with Crippen LogP contribution in [0.2, 0.25) is 0 Å². The van der Waals surface area contributed by atoms with Crippen LogP contribution in [0.4, 0.5) is 0 Å². The van der Waals surface area contributed by atoms with E-state index in [2.05, 4.69) is 15.0 Å². The summed E-state index contributed by atoms with van der Waals surface area (Å²) in [7, 11) is 0. The summed E-state index contributed by atoms with van der Waals surface area (Å²) in [5.74, 6) is -1.03. The maximum atomic E-state index is 10.6. The van der Waals surface area contributed by atoms with E-state index in [9.17, 15) is 4.79 Å². The minimum atomic E-state index is -1.03. The van der Waals surface area contributed by atoms with Gasteiger partial charge in [0.15, 0.2) is 5.65 Å². The molecule has 1 atom stereocenters. The van der Waals surface area contributed by atoms with Crippen LogP contribution in [-0.4, -0.2) is 32.1 Å². The molecule has 0 aromatic carbocycles. The molecular weight excluding hydrogens is 208 g/mol. The number of nitrogens with zero attached hydrogens (tertiary/aromatic N) is 3. The lowest BCUT2D eigenvalue weighted by Gasteiger charge is -2.06. The maximum absolute atomic E-state index is 10.6. The largest absolute Gasteiger partial charge is 0.480 e. The van der Waals surface area contributed by atoms with Crippen molar-refractivity contribution in [3.05, 3.63) is 30.2 Å². The highest BCUT2D eigenvalue weighted by Crippen LogP contribution is 2.09. The van der Waals surface area contributed by atoms with Gasteiger partial charge >= 0.3 is 5.97 Å². The molecule has 0 saturated heterocycles. The summed E-state index contributed by atoms with van der Waals surface area (Å²) >= 11 is 0. The molecule has 0 spiro atoms. The van der Waals surface area contributed by atoms with Crippen molar-refractivity contribution in [2.75, 3.05) is 0 Å². The Hall–Kier alpha value is -2.08. The lowest BCUT2D eigenvalue weighted by Crippen LogP contribution is -2.32. The quantitative estimate of drug-likeness (QED) is 0.750. The molecule has 0 aliphatic carbocycles. The molecule has 6 heteroatoms. The van der Waals surface area contributed by atoms with Crippen molar-refractivity contribution >= 4 is 17.1 Å². The summed E-state index contributed by atoms with van der Waals surface area (Å²) in [5.41, 5.74) is 7.34. The van der Waals surface area contributed by atoms with Gasteiger partial charge in [0.05, 0.1) is 0 Å². The number of carbonyl (C=O) groups is 1. The zero-order valence-electron chi connectivity index (χ0n) is 8.37. The average Bonchev–Trinajstić information content (AvgIpc) is 2.28. The monoisotopic (exact) mass is 218 g/mol. The van der Waals surface area contributed by atoms with E-state index in [4.69, 9.17) is 10.8 Å². The molecule has 0 saturated carbocycles. The minimum absolute atomic E-state index is 0.231. The van der Waals surface area contributed by atoms with Gasteiger partial charge in [-0.15, -0.1) is 0 Å². The Labute approximate surface area is 91.2 Å². The Morgan fingerprint density at radius 2 is 2.12 bits per heavy atom. The molecule has 2 heterocycles. The summed E-state index contributed by atoms with van der Waals surface area (Å²) < 4.78 is 0. The number of carboxylic acid groups (broad SMARTS) is 1. The van der Waals surface area contributed by atoms with E-state index in [1.165, 1.54) is 0 Å². The van der Waals surface area contributed by atoms with E-state index < -0.39 is 12.0 Å². The van der Waals surface area contributed by atoms with Crippen molar-refractivity contribution in [3.63, 3.8) is 0 Å². The predicted octanol–water partition coefficient (Wildman–Crippen LogP) is -0.0208. The summed E-state index contributed by atoms with van der Waals surface area (Å²) in [4.78, 5) is 22.8. The van der Waals surface area contributed by atoms with Crippen LogP contribution in [0.5, 0.6) is 0 Å². The molecule has 2 aromatic rings. The molecule has 0 amide bonds. The fourth-order valence-electron chi connectivity index (χ4n) is 1.35. The highest BCUT2D eigenvalue weighted by Gasteiger charge is 2.12. The molecule has 0 aliphatic rings. The van der Waals surface area contributed by atoms with Crippen LogP contribution in [0.15, 0.2) is 24.7 Å². The first kappa shape index (κ1) is 10.4. The van der Waals surface area contributed by atoms with Gasteiger partial charge in [0.1, 0.15) is 11.6 Å². The maximum Gasteiger partial charge on any atom is 0.320 e. The number of hydrogen-bond donors (Lipinski definition) is 2. The van der Waals surface area contributed by atoms with Gasteiger partial charge in [0.2, 0.25) is 0 Å². The highest BCUT2D eigenvalue weighted by molar-refractivity contribution is 5.74. The lowest BCUT2D eigenvalue weighted by atomic mass is 10.1. The third-order valence-electron chi connectivity index (χ3n) is 2.15. The number of fused-ring (bicyclic) bond motifs is 1. The van der Waals surface area contributed by atoms with Crippen molar-refractivity contribution < 1.29 is 9.90 Å². The van der Waals surface area contributed by atoms with Crippen molar-refractivity contribution in [2.45, 2.75) is 12.5 Å². The van der Waals surface area contributed by atoms with Crippen LogP contribution in [-0.2, 0) is 11.2 Å². The minimum Gasteiger partial charge on any atom is -0.480 e. The summed E-state index contributed by atoms with van der Waals surface area (Å²) in [5, 5.41) is 8.68. The molecule has 0 aliphatic heterocycles. The van der Waals surface area contributed by atoms with E-state index in [1.54, 1.807) is 24.7 Å². The number of nitrogens with two attached hydrogens (primary N) is 1. The topological polar surface area (TPSA) is 102 Å². The molecule has 0 fully saturated rings. The average molecular weight is 218 g/mol. The van der Waals surface area contributed by atoms with Crippen molar-refractivity contribution in [2.24, 2.45) is 5.73 Å². The Balaban J connectivity index is 2.29. The number of aliphatic carboxylic acids is 1. The highest BCUT2D eigenvalue weighted by atomic mass is 16.4. The van der Waals surface area contributed by atoms with E-state index >= 15 is 0 Å². The molecule has 0 radical (unpaired) electrons. The number of rotatable bonds is 3. The molecule has 2 aromatic heterocycles. The molecule has 3 N–H and O–H groups in total. The molecule has 2 rings (SSSR count). The molecule has 0 bridgehead atoms. The van der Waals surface area contributed by atoms with Gasteiger partial charge in [-0.25, -0.2) is 9.97 Å². The Morgan fingerprint density at radius 3 is 2.88 bits per heavy atom. The smallest absolute Gasteiger partial charge is 0.320 e. The first-order valence-electron chi connectivity index (χ1n) is 4.71. The van der Waals surface area contributed by atoms with Crippen LogP contribution in [0.3, 0.4) is 0 Å². The van der Waals surface area contributed by atoms with Gasteiger partial charge in [-0.2, -0.15) is 0 Å². The molecule has 16 heavy (non-hydrogen) atoms.